The molecule has 3 heterocycles. The Kier molecular flexibility index (Phi) is 3.97. The average molecular weight is 354 g/mol. The summed E-state index contributed by atoms with van der Waals surface area (Å²) in [5.41, 5.74) is -0.464. The minimum Gasteiger partial charge on any atom is -0.479 e. The van der Waals surface area contributed by atoms with E-state index >= 15 is 0 Å². The van der Waals surface area contributed by atoms with Crippen molar-refractivity contribution in [3.05, 3.63) is 23.7 Å². The van der Waals surface area contributed by atoms with E-state index in [2.05, 4.69) is 9.97 Å². The van der Waals surface area contributed by atoms with Crippen LogP contribution in [0.4, 0.5) is 0 Å². The largest absolute Gasteiger partial charge is 0.479 e. The Morgan fingerprint density at radius 2 is 2.12 bits per heavy atom. The highest BCUT2D eigenvalue weighted by Crippen LogP contribution is 2.46. The SMILES string of the molecule is CC(=O)O[C@H]1[C@H](n2ccc3c(Cl)ncnc32)O[C@H](C(=O)O)C1(C)C. The summed E-state index contributed by atoms with van der Waals surface area (Å²) in [5, 5.41) is 10.3. The van der Waals surface area contributed by atoms with Crippen molar-refractivity contribution in [1.82, 2.24) is 14.5 Å². The molecule has 1 fully saturated rings. The average Bonchev–Trinajstić information content (AvgIpc) is 3.00. The van der Waals surface area contributed by atoms with E-state index in [4.69, 9.17) is 21.1 Å². The number of aliphatic carboxylic acids is 1. The van der Waals surface area contributed by atoms with Crippen molar-refractivity contribution in [1.29, 1.82) is 0 Å². The lowest BCUT2D eigenvalue weighted by Crippen LogP contribution is -2.41. The van der Waals surface area contributed by atoms with Crippen molar-refractivity contribution in [3.63, 3.8) is 0 Å². The molecule has 0 aliphatic carbocycles. The van der Waals surface area contributed by atoms with Gasteiger partial charge in [-0.25, -0.2) is 14.8 Å². The fraction of sp³-hybridized carbons (Fsp3) is 0.467. The highest BCUT2D eigenvalue weighted by Gasteiger charge is 2.56. The monoisotopic (exact) mass is 353 g/mol. The molecule has 0 saturated carbocycles. The molecule has 8 nitrogen and oxygen atoms in total. The Balaban J connectivity index is 2.11. The standard InChI is InChI=1S/C15H16ClN3O5/c1-7(20)23-9-13(24-10(14(21)22)15(9,2)3)19-5-4-8-11(16)17-6-18-12(8)19/h4-6,9-10,13H,1-3H3,(H,21,22)/t9-,10+,13+/m0/s1. The van der Waals surface area contributed by atoms with Gasteiger partial charge in [-0.1, -0.05) is 25.4 Å². The predicted molar refractivity (Wildman–Crippen MR) is 83.4 cm³/mol. The van der Waals surface area contributed by atoms with E-state index in [1.807, 2.05) is 0 Å². The number of aromatic nitrogens is 3. The van der Waals surface area contributed by atoms with Gasteiger partial charge < -0.3 is 19.1 Å². The van der Waals surface area contributed by atoms with Crippen molar-refractivity contribution >= 4 is 34.6 Å². The number of hydrogen-bond acceptors (Lipinski definition) is 6. The first-order valence-corrected chi connectivity index (χ1v) is 7.64. The van der Waals surface area contributed by atoms with Gasteiger partial charge in [0.15, 0.2) is 18.4 Å². The molecule has 0 radical (unpaired) electrons. The van der Waals surface area contributed by atoms with Crippen LogP contribution in [0.15, 0.2) is 18.6 Å². The lowest BCUT2D eigenvalue weighted by Gasteiger charge is -2.29. The second kappa shape index (κ2) is 5.71. The molecule has 24 heavy (non-hydrogen) atoms. The predicted octanol–water partition coefficient (Wildman–Crippen LogP) is 2.02. The summed E-state index contributed by atoms with van der Waals surface area (Å²) in [6.45, 7) is 4.65. The summed E-state index contributed by atoms with van der Waals surface area (Å²) >= 11 is 6.05. The minimum absolute atomic E-state index is 0.273. The second-order valence-corrected chi connectivity index (χ2v) is 6.58. The fourth-order valence-corrected chi connectivity index (χ4v) is 3.22. The molecule has 3 rings (SSSR count). The van der Waals surface area contributed by atoms with Crippen LogP contribution >= 0.6 is 11.6 Å². The maximum atomic E-state index is 11.6. The lowest BCUT2D eigenvalue weighted by molar-refractivity contribution is -0.155. The Morgan fingerprint density at radius 1 is 1.42 bits per heavy atom. The zero-order chi connectivity index (χ0) is 17.6. The number of rotatable bonds is 3. The third-order valence-corrected chi connectivity index (χ3v) is 4.50. The quantitative estimate of drug-likeness (QED) is 0.665. The number of nitrogens with zero attached hydrogens (tertiary/aromatic N) is 3. The highest BCUT2D eigenvalue weighted by molar-refractivity contribution is 6.33. The molecule has 1 N–H and O–H groups in total. The maximum Gasteiger partial charge on any atom is 0.333 e. The van der Waals surface area contributed by atoms with Crippen molar-refractivity contribution in [2.45, 2.75) is 39.2 Å². The zero-order valence-corrected chi connectivity index (χ0v) is 14.0. The Bertz CT molecular complexity index is 819. The summed E-state index contributed by atoms with van der Waals surface area (Å²) < 4.78 is 12.7. The summed E-state index contributed by atoms with van der Waals surface area (Å²) in [7, 11) is 0. The Hall–Kier alpha value is -2.19. The van der Waals surface area contributed by atoms with Gasteiger partial charge in [-0.2, -0.15) is 0 Å². The van der Waals surface area contributed by atoms with Gasteiger partial charge in [0.25, 0.3) is 0 Å². The molecule has 0 spiro atoms. The zero-order valence-electron chi connectivity index (χ0n) is 13.3. The summed E-state index contributed by atoms with van der Waals surface area (Å²) in [6, 6.07) is 1.70. The van der Waals surface area contributed by atoms with E-state index in [0.29, 0.717) is 11.0 Å². The molecule has 0 amide bonds. The topological polar surface area (TPSA) is 104 Å². The number of carboxylic acid groups (broad SMARTS) is 1. The first kappa shape index (κ1) is 16.7. The van der Waals surface area contributed by atoms with Gasteiger partial charge in [0, 0.05) is 18.5 Å². The summed E-state index contributed by atoms with van der Waals surface area (Å²) in [5.74, 6) is -1.64. The normalized spacial score (nSPS) is 25.8. The van der Waals surface area contributed by atoms with Crippen molar-refractivity contribution in [2.75, 3.05) is 0 Å². The summed E-state index contributed by atoms with van der Waals surface area (Å²) in [6.07, 6.45) is 0.180. The van der Waals surface area contributed by atoms with E-state index in [9.17, 15) is 14.7 Å². The minimum atomic E-state index is -1.14. The smallest absolute Gasteiger partial charge is 0.333 e. The van der Waals surface area contributed by atoms with E-state index in [1.165, 1.54) is 13.3 Å². The third kappa shape index (κ3) is 2.51. The van der Waals surface area contributed by atoms with Crippen LogP contribution < -0.4 is 0 Å². The third-order valence-electron chi connectivity index (χ3n) is 4.20. The molecule has 1 aliphatic rings. The molecule has 0 aromatic carbocycles. The van der Waals surface area contributed by atoms with E-state index in [1.54, 1.807) is 30.7 Å². The van der Waals surface area contributed by atoms with Gasteiger partial charge in [-0.3, -0.25) is 4.79 Å². The van der Waals surface area contributed by atoms with Crippen LogP contribution in [-0.2, 0) is 19.1 Å². The Morgan fingerprint density at radius 3 is 2.75 bits per heavy atom. The molecular weight excluding hydrogens is 338 g/mol. The van der Waals surface area contributed by atoms with E-state index < -0.39 is 35.8 Å². The van der Waals surface area contributed by atoms with Gasteiger partial charge in [0.05, 0.1) is 5.39 Å². The van der Waals surface area contributed by atoms with E-state index in [0.717, 1.165) is 0 Å². The molecule has 3 atom stereocenters. The molecule has 2 aromatic heterocycles. The van der Waals surface area contributed by atoms with Crippen LogP contribution in [0.25, 0.3) is 11.0 Å². The van der Waals surface area contributed by atoms with Crippen molar-refractivity contribution < 1.29 is 24.2 Å². The lowest BCUT2D eigenvalue weighted by atomic mass is 9.82. The Labute approximate surface area is 142 Å². The van der Waals surface area contributed by atoms with Crippen LogP contribution in [0.2, 0.25) is 5.15 Å². The molecule has 2 aromatic rings. The van der Waals surface area contributed by atoms with Gasteiger partial charge in [0.2, 0.25) is 0 Å². The number of carbonyl (C=O) groups is 2. The van der Waals surface area contributed by atoms with Crippen molar-refractivity contribution in [2.24, 2.45) is 5.41 Å². The van der Waals surface area contributed by atoms with Crippen LogP contribution in [0.3, 0.4) is 0 Å². The molecule has 0 bridgehead atoms. The molecule has 0 unspecified atom stereocenters. The van der Waals surface area contributed by atoms with Gasteiger partial charge in [-0.05, 0) is 6.07 Å². The first-order valence-electron chi connectivity index (χ1n) is 7.26. The number of ether oxygens (including phenoxy) is 2. The molecular formula is C15H16ClN3O5. The van der Waals surface area contributed by atoms with Gasteiger partial charge in [0.1, 0.15) is 17.1 Å². The number of carbonyl (C=O) groups excluding carboxylic acids is 1. The molecule has 128 valence electrons. The van der Waals surface area contributed by atoms with Crippen LogP contribution in [0.5, 0.6) is 0 Å². The van der Waals surface area contributed by atoms with Crippen LogP contribution in [0, 0.1) is 5.41 Å². The number of halogens is 1. The second-order valence-electron chi connectivity index (χ2n) is 6.22. The van der Waals surface area contributed by atoms with Crippen molar-refractivity contribution in [3.8, 4) is 0 Å². The summed E-state index contributed by atoms with van der Waals surface area (Å²) in [4.78, 5) is 31.2. The number of esters is 1. The number of fused-ring (bicyclic) bond motifs is 1. The van der Waals surface area contributed by atoms with Gasteiger partial charge in [-0.15, -0.1) is 0 Å². The molecule has 1 saturated heterocycles. The first-order chi connectivity index (χ1) is 11.2. The fourth-order valence-electron chi connectivity index (χ4n) is 3.03. The number of carboxylic acids is 1. The van der Waals surface area contributed by atoms with Crippen LogP contribution in [-0.4, -0.2) is 43.8 Å². The van der Waals surface area contributed by atoms with E-state index in [-0.39, 0.29) is 5.15 Å². The molecule has 9 heteroatoms. The van der Waals surface area contributed by atoms with Gasteiger partial charge >= 0.3 is 11.9 Å². The molecule has 1 aliphatic heterocycles. The van der Waals surface area contributed by atoms with Crippen LogP contribution in [0.1, 0.15) is 27.0 Å². The number of hydrogen-bond donors (Lipinski definition) is 1. The maximum absolute atomic E-state index is 11.6. The highest BCUT2D eigenvalue weighted by atomic mass is 35.5.